The molecule has 0 aliphatic heterocycles. The molecule has 4 N–H and O–H groups in total. The van der Waals surface area contributed by atoms with Crippen molar-refractivity contribution in [1.82, 2.24) is 0 Å². The predicted octanol–water partition coefficient (Wildman–Crippen LogP) is 2.40. The number of amidine groups is 2. The summed E-state index contributed by atoms with van der Waals surface area (Å²) in [5.41, 5.74) is 15.1. The summed E-state index contributed by atoms with van der Waals surface area (Å²) >= 11 is 0. The summed E-state index contributed by atoms with van der Waals surface area (Å²) < 4.78 is 0. The maximum Gasteiger partial charge on any atom is 0.153 e. The summed E-state index contributed by atoms with van der Waals surface area (Å²) in [6.45, 7) is 0. The van der Waals surface area contributed by atoms with Crippen LogP contribution in [0.4, 0.5) is 5.69 Å². The van der Waals surface area contributed by atoms with Gasteiger partial charge >= 0.3 is 0 Å². The van der Waals surface area contributed by atoms with Gasteiger partial charge in [-0.15, -0.1) is 0 Å². The Morgan fingerprint density at radius 3 is 2.09 bits per heavy atom. The van der Waals surface area contributed by atoms with E-state index in [1.54, 1.807) is 14.1 Å². The van der Waals surface area contributed by atoms with Gasteiger partial charge in [-0.05, 0) is 23.3 Å². The third-order valence-electron chi connectivity index (χ3n) is 3.15. The lowest BCUT2D eigenvalue weighted by atomic mass is 10.1. The average molecular weight is 293 g/mol. The quantitative estimate of drug-likeness (QED) is 0.669. The molecule has 0 atom stereocenters. The predicted molar refractivity (Wildman–Crippen MR) is 94.1 cm³/mol. The number of nitrogens with two attached hydrogens (primary N) is 2. The SMILES string of the molecule is CN=C(N)C(=NC)C(N)=Nc1cccc(-c2ccccc2)c1. The summed E-state index contributed by atoms with van der Waals surface area (Å²) in [6.07, 6.45) is 0. The maximum atomic E-state index is 5.98. The van der Waals surface area contributed by atoms with Gasteiger partial charge in [0.05, 0.1) is 5.69 Å². The molecule has 0 aromatic heterocycles. The van der Waals surface area contributed by atoms with Gasteiger partial charge in [0.25, 0.3) is 0 Å². The lowest BCUT2D eigenvalue weighted by Crippen LogP contribution is -2.35. The van der Waals surface area contributed by atoms with Gasteiger partial charge in [-0.3, -0.25) is 9.98 Å². The lowest BCUT2D eigenvalue weighted by molar-refractivity contribution is 1.39. The van der Waals surface area contributed by atoms with Crippen LogP contribution < -0.4 is 11.5 Å². The van der Waals surface area contributed by atoms with E-state index in [0.29, 0.717) is 5.71 Å². The summed E-state index contributed by atoms with van der Waals surface area (Å²) in [6, 6.07) is 17.9. The summed E-state index contributed by atoms with van der Waals surface area (Å²) in [4.78, 5) is 12.3. The van der Waals surface area contributed by atoms with Crippen LogP contribution in [-0.4, -0.2) is 31.5 Å². The molecule has 0 saturated heterocycles. The van der Waals surface area contributed by atoms with Crippen LogP contribution in [0.5, 0.6) is 0 Å². The van der Waals surface area contributed by atoms with Crippen molar-refractivity contribution in [1.29, 1.82) is 0 Å². The molecular formula is C17H19N5. The van der Waals surface area contributed by atoms with Crippen LogP contribution in [0.3, 0.4) is 0 Å². The van der Waals surface area contributed by atoms with Crippen LogP contribution in [0, 0.1) is 0 Å². The van der Waals surface area contributed by atoms with E-state index in [4.69, 9.17) is 11.5 Å². The van der Waals surface area contributed by atoms with Gasteiger partial charge in [0, 0.05) is 14.1 Å². The van der Waals surface area contributed by atoms with E-state index in [1.807, 2.05) is 54.6 Å². The molecule has 2 rings (SSSR count). The summed E-state index contributed by atoms with van der Waals surface area (Å²) in [7, 11) is 3.19. The first kappa shape index (κ1) is 15.4. The van der Waals surface area contributed by atoms with Crippen molar-refractivity contribution in [3.05, 3.63) is 54.6 Å². The normalized spacial score (nSPS) is 13.3. The molecule has 0 radical (unpaired) electrons. The molecule has 0 saturated carbocycles. The molecule has 0 amide bonds. The minimum atomic E-state index is 0.246. The fourth-order valence-corrected chi connectivity index (χ4v) is 2.04. The Bertz CT molecular complexity index is 730. The van der Waals surface area contributed by atoms with Crippen molar-refractivity contribution in [2.75, 3.05) is 14.1 Å². The van der Waals surface area contributed by atoms with Crippen molar-refractivity contribution < 1.29 is 0 Å². The summed E-state index contributed by atoms with van der Waals surface area (Å²) in [5, 5.41) is 0. The van der Waals surface area contributed by atoms with Gasteiger partial charge in [-0.25, -0.2) is 4.99 Å². The Morgan fingerprint density at radius 2 is 1.45 bits per heavy atom. The number of hydrogen-bond donors (Lipinski definition) is 2. The second-order valence-electron chi connectivity index (χ2n) is 4.59. The van der Waals surface area contributed by atoms with Gasteiger partial charge in [0.15, 0.2) is 5.84 Å². The van der Waals surface area contributed by atoms with E-state index < -0.39 is 0 Å². The summed E-state index contributed by atoms with van der Waals surface area (Å²) in [5.74, 6) is 0.513. The van der Waals surface area contributed by atoms with Gasteiger partial charge in [0.1, 0.15) is 11.5 Å². The Kier molecular flexibility index (Phi) is 5.03. The van der Waals surface area contributed by atoms with Crippen LogP contribution >= 0.6 is 0 Å². The van der Waals surface area contributed by atoms with E-state index in [1.165, 1.54) is 0 Å². The molecular weight excluding hydrogens is 274 g/mol. The molecule has 0 spiro atoms. The Hall–Kier alpha value is -2.95. The lowest BCUT2D eigenvalue weighted by Gasteiger charge is -2.06. The minimum absolute atomic E-state index is 0.246. The molecule has 5 heteroatoms. The molecule has 2 aromatic rings. The highest BCUT2D eigenvalue weighted by molar-refractivity contribution is 6.67. The van der Waals surface area contributed by atoms with Crippen molar-refractivity contribution in [3.8, 4) is 11.1 Å². The third kappa shape index (κ3) is 3.58. The standard InChI is InChI=1S/C17H19N5/c1-20-15(16(18)21-2)17(19)22-14-10-6-9-13(11-14)12-7-4-3-5-8-12/h3-11H,1-2H3,(H2,18,21)(H2,19,22). The molecule has 5 nitrogen and oxygen atoms in total. The molecule has 2 aromatic carbocycles. The zero-order valence-electron chi connectivity index (χ0n) is 12.7. The van der Waals surface area contributed by atoms with Gasteiger partial charge < -0.3 is 11.5 Å². The topological polar surface area (TPSA) is 89.1 Å². The van der Waals surface area contributed by atoms with Crippen LogP contribution in [0.2, 0.25) is 0 Å². The first-order valence-electron chi connectivity index (χ1n) is 6.85. The highest BCUT2D eigenvalue weighted by Gasteiger charge is 2.09. The van der Waals surface area contributed by atoms with Crippen molar-refractivity contribution in [3.63, 3.8) is 0 Å². The number of rotatable bonds is 4. The molecule has 0 bridgehead atoms. The molecule has 0 unspecified atom stereocenters. The second kappa shape index (κ2) is 7.17. The van der Waals surface area contributed by atoms with Crippen molar-refractivity contribution in [2.45, 2.75) is 0 Å². The van der Waals surface area contributed by atoms with Gasteiger partial charge in [-0.1, -0.05) is 42.5 Å². The van der Waals surface area contributed by atoms with Crippen LogP contribution in [0.25, 0.3) is 11.1 Å². The van der Waals surface area contributed by atoms with E-state index in [-0.39, 0.29) is 11.7 Å². The number of benzene rings is 2. The first-order valence-corrected chi connectivity index (χ1v) is 6.85. The Morgan fingerprint density at radius 1 is 0.773 bits per heavy atom. The van der Waals surface area contributed by atoms with E-state index in [0.717, 1.165) is 16.8 Å². The van der Waals surface area contributed by atoms with Crippen molar-refractivity contribution >= 4 is 23.1 Å². The zero-order valence-corrected chi connectivity index (χ0v) is 12.7. The highest BCUT2D eigenvalue weighted by atomic mass is 14.9. The third-order valence-corrected chi connectivity index (χ3v) is 3.15. The van der Waals surface area contributed by atoms with Crippen molar-refractivity contribution in [2.24, 2.45) is 26.4 Å². The Balaban J connectivity index is 2.36. The molecule has 0 fully saturated rings. The maximum absolute atomic E-state index is 5.98. The van der Waals surface area contributed by atoms with Crippen LogP contribution in [0.15, 0.2) is 69.6 Å². The zero-order chi connectivity index (χ0) is 15.9. The van der Waals surface area contributed by atoms with E-state index in [9.17, 15) is 0 Å². The Labute approximate surface area is 130 Å². The first-order chi connectivity index (χ1) is 10.7. The number of hydrogen-bond acceptors (Lipinski definition) is 3. The smallest absolute Gasteiger partial charge is 0.153 e. The van der Waals surface area contributed by atoms with E-state index >= 15 is 0 Å². The second-order valence-corrected chi connectivity index (χ2v) is 4.59. The van der Waals surface area contributed by atoms with Gasteiger partial charge in [-0.2, -0.15) is 0 Å². The fourth-order valence-electron chi connectivity index (χ4n) is 2.04. The average Bonchev–Trinajstić information content (AvgIpc) is 2.56. The minimum Gasteiger partial charge on any atom is -0.382 e. The molecule has 22 heavy (non-hydrogen) atoms. The largest absolute Gasteiger partial charge is 0.382 e. The van der Waals surface area contributed by atoms with E-state index in [2.05, 4.69) is 15.0 Å². The molecule has 0 heterocycles. The number of aliphatic imine (C=N–C) groups is 3. The molecule has 0 aliphatic carbocycles. The molecule has 0 aliphatic rings. The highest BCUT2D eigenvalue weighted by Crippen LogP contribution is 2.23. The van der Waals surface area contributed by atoms with Crippen LogP contribution in [0.1, 0.15) is 0 Å². The fraction of sp³-hybridized carbons (Fsp3) is 0.118. The monoisotopic (exact) mass is 293 g/mol. The van der Waals surface area contributed by atoms with Crippen LogP contribution in [-0.2, 0) is 0 Å². The number of nitrogens with zero attached hydrogens (tertiary/aromatic N) is 3. The van der Waals surface area contributed by atoms with Gasteiger partial charge in [0.2, 0.25) is 0 Å². The molecule has 112 valence electrons.